The second kappa shape index (κ2) is 6.59. The number of hydrogen-bond acceptors (Lipinski definition) is 3. The molecule has 0 heterocycles. The molecule has 0 spiro atoms. The zero-order valence-electron chi connectivity index (χ0n) is 11.9. The van der Waals surface area contributed by atoms with Crippen LogP contribution in [0.4, 0.5) is 5.69 Å². The zero-order chi connectivity index (χ0) is 15.4. The molecule has 0 aliphatic rings. The van der Waals surface area contributed by atoms with Gasteiger partial charge in [0.15, 0.2) is 0 Å². The minimum atomic E-state index is -0.422. The fourth-order valence-corrected chi connectivity index (χ4v) is 2.32. The molecule has 0 radical (unpaired) electrons. The summed E-state index contributed by atoms with van der Waals surface area (Å²) in [5.74, 6) is 1.24. The average Bonchev–Trinajstić information content (AvgIpc) is 2.47. The summed E-state index contributed by atoms with van der Waals surface area (Å²) in [6.45, 7) is 3.88. The summed E-state index contributed by atoms with van der Waals surface area (Å²) in [5.41, 5.74) is 2.89. The maximum atomic E-state index is 11.2. The molecular weight excluding hydrogens is 290 g/mol. The number of nitro groups is 1. The molecule has 2 aromatic carbocycles. The maximum absolute atomic E-state index is 11.2. The van der Waals surface area contributed by atoms with E-state index in [1.165, 1.54) is 0 Å². The SMILES string of the molecule is CCc1ccc(Oc2ccc(CCl)c(C)c2)c([N+](=O)[O-])c1. The molecule has 4 nitrogen and oxygen atoms in total. The Kier molecular flexibility index (Phi) is 4.81. The average molecular weight is 306 g/mol. The standard InChI is InChI=1S/C16H16ClNO3/c1-3-12-4-7-16(15(9-12)18(19)20)21-14-6-5-13(10-17)11(2)8-14/h4-9H,3,10H2,1-2H3. The highest BCUT2D eigenvalue weighted by molar-refractivity contribution is 6.17. The molecule has 0 saturated heterocycles. The molecule has 0 fully saturated rings. The third-order valence-electron chi connectivity index (χ3n) is 3.31. The third kappa shape index (κ3) is 3.52. The van der Waals surface area contributed by atoms with Crippen molar-refractivity contribution < 1.29 is 9.66 Å². The van der Waals surface area contributed by atoms with Crippen LogP contribution in [-0.4, -0.2) is 4.92 Å². The Morgan fingerprint density at radius 1 is 1.24 bits per heavy atom. The predicted molar refractivity (Wildman–Crippen MR) is 83.3 cm³/mol. The number of alkyl halides is 1. The number of nitrogens with zero attached hydrogens (tertiary/aromatic N) is 1. The predicted octanol–water partition coefficient (Wildman–Crippen LogP) is 5.00. The highest BCUT2D eigenvalue weighted by Crippen LogP contribution is 2.33. The van der Waals surface area contributed by atoms with Crippen LogP contribution in [0, 0.1) is 17.0 Å². The van der Waals surface area contributed by atoms with Crippen molar-refractivity contribution in [2.24, 2.45) is 0 Å². The van der Waals surface area contributed by atoms with Crippen LogP contribution in [0.3, 0.4) is 0 Å². The smallest absolute Gasteiger partial charge is 0.311 e. The Hall–Kier alpha value is -2.07. The van der Waals surface area contributed by atoms with Crippen LogP contribution in [0.15, 0.2) is 36.4 Å². The molecule has 5 heteroatoms. The summed E-state index contributed by atoms with van der Waals surface area (Å²) in [5, 5.41) is 11.2. The molecule has 21 heavy (non-hydrogen) atoms. The second-order valence-electron chi connectivity index (χ2n) is 4.74. The highest BCUT2D eigenvalue weighted by Gasteiger charge is 2.16. The first kappa shape index (κ1) is 15.3. The van der Waals surface area contributed by atoms with Crippen molar-refractivity contribution in [1.29, 1.82) is 0 Å². The lowest BCUT2D eigenvalue weighted by atomic mass is 10.1. The van der Waals surface area contributed by atoms with E-state index < -0.39 is 4.92 Å². The van der Waals surface area contributed by atoms with Gasteiger partial charge in [-0.05, 0) is 48.2 Å². The van der Waals surface area contributed by atoms with Crippen molar-refractivity contribution in [3.63, 3.8) is 0 Å². The molecule has 0 unspecified atom stereocenters. The van der Waals surface area contributed by atoms with Gasteiger partial charge in [0, 0.05) is 11.9 Å². The van der Waals surface area contributed by atoms with Gasteiger partial charge in [0.2, 0.25) is 5.75 Å². The second-order valence-corrected chi connectivity index (χ2v) is 5.00. The summed E-state index contributed by atoms with van der Waals surface area (Å²) in [6.07, 6.45) is 0.741. The number of benzene rings is 2. The van der Waals surface area contributed by atoms with Crippen molar-refractivity contribution in [3.8, 4) is 11.5 Å². The lowest BCUT2D eigenvalue weighted by Gasteiger charge is -2.09. The molecular formula is C16H16ClNO3. The van der Waals surface area contributed by atoms with E-state index in [1.54, 1.807) is 18.2 Å². The van der Waals surface area contributed by atoms with Crippen LogP contribution in [0.1, 0.15) is 23.6 Å². The zero-order valence-corrected chi connectivity index (χ0v) is 12.7. The molecule has 0 aromatic heterocycles. The summed E-state index contributed by atoms with van der Waals surface area (Å²) in [4.78, 5) is 10.7. The van der Waals surface area contributed by atoms with Crippen molar-refractivity contribution in [2.45, 2.75) is 26.1 Å². The van der Waals surface area contributed by atoms with Crippen LogP contribution < -0.4 is 4.74 Å². The van der Waals surface area contributed by atoms with Gasteiger partial charge in [0.25, 0.3) is 0 Å². The fourth-order valence-electron chi connectivity index (χ4n) is 2.02. The van der Waals surface area contributed by atoms with Gasteiger partial charge in [-0.2, -0.15) is 0 Å². The Morgan fingerprint density at radius 3 is 2.57 bits per heavy atom. The van der Waals surface area contributed by atoms with Crippen molar-refractivity contribution >= 4 is 17.3 Å². The normalized spacial score (nSPS) is 10.4. The minimum Gasteiger partial charge on any atom is -0.450 e. The van der Waals surface area contributed by atoms with Gasteiger partial charge in [-0.3, -0.25) is 10.1 Å². The molecule has 0 bridgehead atoms. The van der Waals surface area contributed by atoms with Crippen LogP contribution in [0.25, 0.3) is 0 Å². The number of aryl methyl sites for hydroxylation is 2. The van der Waals surface area contributed by atoms with E-state index in [1.807, 2.05) is 32.0 Å². The first-order chi connectivity index (χ1) is 10.0. The van der Waals surface area contributed by atoms with E-state index in [-0.39, 0.29) is 11.4 Å². The Bertz CT molecular complexity index is 671. The maximum Gasteiger partial charge on any atom is 0.311 e. The summed E-state index contributed by atoms with van der Waals surface area (Å²) >= 11 is 5.81. The first-order valence-electron chi connectivity index (χ1n) is 6.65. The quantitative estimate of drug-likeness (QED) is 0.444. The third-order valence-corrected chi connectivity index (χ3v) is 3.60. The summed E-state index contributed by atoms with van der Waals surface area (Å²) < 4.78 is 5.67. The van der Waals surface area contributed by atoms with Crippen molar-refractivity contribution in [2.75, 3.05) is 0 Å². The van der Waals surface area contributed by atoms with Gasteiger partial charge in [0.05, 0.1) is 4.92 Å². The van der Waals surface area contributed by atoms with E-state index in [0.717, 1.165) is 23.1 Å². The molecule has 0 aliphatic carbocycles. The van der Waals surface area contributed by atoms with Crippen molar-refractivity contribution in [3.05, 3.63) is 63.2 Å². The lowest BCUT2D eigenvalue weighted by Crippen LogP contribution is -1.96. The fraction of sp³-hybridized carbons (Fsp3) is 0.250. The topological polar surface area (TPSA) is 52.4 Å². The Labute approximate surface area is 128 Å². The number of halogens is 1. The van der Waals surface area contributed by atoms with E-state index in [2.05, 4.69) is 0 Å². The molecule has 0 N–H and O–H groups in total. The highest BCUT2D eigenvalue weighted by atomic mass is 35.5. The number of nitro benzene ring substituents is 1. The minimum absolute atomic E-state index is 0.0200. The number of hydrogen-bond donors (Lipinski definition) is 0. The Morgan fingerprint density at radius 2 is 2.00 bits per heavy atom. The molecule has 110 valence electrons. The molecule has 0 atom stereocenters. The van der Waals surface area contributed by atoms with Crippen LogP contribution in [-0.2, 0) is 12.3 Å². The van der Waals surface area contributed by atoms with E-state index >= 15 is 0 Å². The first-order valence-corrected chi connectivity index (χ1v) is 7.19. The lowest BCUT2D eigenvalue weighted by molar-refractivity contribution is -0.385. The van der Waals surface area contributed by atoms with E-state index in [9.17, 15) is 10.1 Å². The van der Waals surface area contributed by atoms with Crippen LogP contribution >= 0.6 is 11.6 Å². The number of ether oxygens (including phenoxy) is 1. The van der Waals surface area contributed by atoms with Crippen LogP contribution in [0.5, 0.6) is 11.5 Å². The van der Waals surface area contributed by atoms with E-state index in [4.69, 9.17) is 16.3 Å². The largest absolute Gasteiger partial charge is 0.450 e. The van der Waals surface area contributed by atoms with Gasteiger partial charge in [-0.25, -0.2) is 0 Å². The van der Waals surface area contributed by atoms with E-state index in [0.29, 0.717) is 11.6 Å². The van der Waals surface area contributed by atoms with Gasteiger partial charge < -0.3 is 4.74 Å². The molecule has 2 rings (SSSR count). The monoisotopic (exact) mass is 305 g/mol. The van der Waals surface area contributed by atoms with Gasteiger partial charge in [0.1, 0.15) is 5.75 Å². The van der Waals surface area contributed by atoms with Gasteiger partial charge in [-0.15, -0.1) is 11.6 Å². The molecule has 0 aliphatic heterocycles. The van der Waals surface area contributed by atoms with Gasteiger partial charge >= 0.3 is 5.69 Å². The Balaban J connectivity index is 2.35. The number of rotatable bonds is 5. The van der Waals surface area contributed by atoms with Crippen molar-refractivity contribution in [1.82, 2.24) is 0 Å². The molecule has 2 aromatic rings. The van der Waals surface area contributed by atoms with Crippen LogP contribution in [0.2, 0.25) is 0 Å². The summed E-state index contributed by atoms with van der Waals surface area (Å²) in [7, 11) is 0. The van der Waals surface area contributed by atoms with Gasteiger partial charge in [-0.1, -0.05) is 19.1 Å². The summed E-state index contributed by atoms with van der Waals surface area (Å²) in [6, 6.07) is 10.5. The molecule has 0 amide bonds. The molecule has 0 saturated carbocycles.